The molecule has 0 amide bonds. The lowest BCUT2D eigenvalue weighted by molar-refractivity contribution is 0.0669. The van der Waals surface area contributed by atoms with Gasteiger partial charge in [-0.25, -0.2) is 0 Å². The molecule has 1 aromatic heterocycles. The summed E-state index contributed by atoms with van der Waals surface area (Å²) in [6, 6.07) is 4.67. The molecule has 0 spiro atoms. The normalized spacial score (nSPS) is 25.4. The molecule has 3 nitrogen and oxygen atoms in total. The molecular weight excluding hydrogens is 200 g/mol. The predicted molar refractivity (Wildman–Crippen MR) is 65.6 cm³/mol. The number of methoxy groups -OCH3 is 1. The highest BCUT2D eigenvalue weighted by Crippen LogP contribution is 2.23. The van der Waals surface area contributed by atoms with Gasteiger partial charge in [-0.1, -0.05) is 0 Å². The number of hydrogen-bond acceptors (Lipinski definition) is 3. The first-order chi connectivity index (χ1) is 7.78. The van der Waals surface area contributed by atoms with Gasteiger partial charge in [0.1, 0.15) is 0 Å². The number of pyridine rings is 1. The van der Waals surface area contributed by atoms with E-state index in [2.05, 4.69) is 16.4 Å². The van der Waals surface area contributed by atoms with Crippen LogP contribution in [-0.4, -0.2) is 24.2 Å². The predicted octanol–water partition coefficient (Wildman–Crippen LogP) is 2.76. The van der Waals surface area contributed by atoms with Crippen LogP contribution in [0.25, 0.3) is 0 Å². The number of aromatic nitrogens is 1. The summed E-state index contributed by atoms with van der Waals surface area (Å²) >= 11 is 0. The van der Waals surface area contributed by atoms with Gasteiger partial charge >= 0.3 is 0 Å². The minimum atomic E-state index is 0.421. The summed E-state index contributed by atoms with van der Waals surface area (Å²) in [5.41, 5.74) is 2.18. The Bertz CT molecular complexity index is 323. The maximum absolute atomic E-state index is 5.42. The van der Waals surface area contributed by atoms with Gasteiger partial charge in [-0.3, -0.25) is 4.98 Å². The summed E-state index contributed by atoms with van der Waals surface area (Å²) in [5.74, 6) is 0. The Kier molecular flexibility index (Phi) is 3.78. The van der Waals surface area contributed by atoms with Gasteiger partial charge < -0.3 is 10.1 Å². The minimum absolute atomic E-state index is 0.421. The zero-order valence-electron chi connectivity index (χ0n) is 10.1. The third-order valence-corrected chi connectivity index (χ3v) is 3.24. The topological polar surface area (TPSA) is 34.1 Å². The summed E-state index contributed by atoms with van der Waals surface area (Å²) in [4.78, 5) is 4.29. The van der Waals surface area contributed by atoms with Crippen LogP contribution in [0.4, 0.5) is 5.69 Å². The standard InChI is InChI=1S/C13H20N2O/c1-10-6-7-12(9-14-10)15-11-4-3-5-13(8-11)16-2/h6-7,9,11,13,15H,3-5,8H2,1-2H3. The van der Waals surface area contributed by atoms with Crippen molar-refractivity contribution in [3.05, 3.63) is 24.0 Å². The van der Waals surface area contributed by atoms with Crippen molar-refractivity contribution >= 4 is 5.69 Å². The van der Waals surface area contributed by atoms with Crippen LogP contribution in [0.1, 0.15) is 31.4 Å². The number of aryl methyl sites for hydroxylation is 1. The van der Waals surface area contributed by atoms with E-state index in [-0.39, 0.29) is 0 Å². The Morgan fingerprint density at radius 3 is 2.94 bits per heavy atom. The summed E-state index contributed by atoms with van der Waals surface area (Å²) < 4.78 is 5.42. The molecule has 0 saturated heterocycles. The number of rotatable bonds is 3. The third kappa shape index (κ3) is 2.95. The smallest absolute Gasteiger partial charge is 0.0590 e. The van der Waals surface area contributed by atoms with Crippen molar-refractivity contribution in [1.82, 2.24) is 4.98 Å². The van der Waals surface area contributed by atoms with Crippen LogP contribution in [0, 0.1) is 6.92 Å². The van der Waals surface area contributed by atoms with Gasteiger partial charge in [0.25, 0.3) is 0 Å². The van der Waals surface area contributed by atoms with Crippen LogP contribution in [-0.2, 0) is 4.74 Å². The number of nitrogens with one attached hydrogen (secondary N) is 1. The first kappa shape index (κ1) is 11.4. The number of ether oxygens (including phenoxy) is 1. The highest BCUT2D eigenvalue weighted by atomic mass is 16.5. The van der Waals surface area contributed by atoms with Gasteiger partial charge in [-0.15, -0.1) is 0 Å². The van der Waals surface area contributed by atoms with Crippen molar-refractivity contribution < 1.29 is 4.74 Å². The Morgan fingerprint density at radius 2 is 2.25 bits per heavy atom. The Balaban J connectivity index is 1.91. The molecule has 3 heteroatoms. The van der Waals surface area contributed by atoms with Crippen molar-refractivity contribution in [2.24, 2.45) is 0 Å². The lowest BCUT2D eigenvalue weighted by Crippen LogP contribution is -2.31. The van der Waals surface area contributed by atoms with Crippen molar-refractivity contribution in [3.8, 4) is 0 Å². The van der Waals surface area contributed by atoms with E-state index in [1.165, 1.54) is 19.3 Å². The van der Waals surface area contributed by atoms with Crippen LogP contribution < -0.4 is 5.32 Å². The van der Waals surface area contributed by atoms with Crippen molar-refractivity contribution in [2.45, 2.75) is 44.8 Å². The van der Waals surface area contributed by atoms with Crippen LogP contribution in [0.2, 0.25) is 0 Å². The number of hydrogen-bond donors (Lipinski definition) is 1. The molecule has 1 aliphatic carbocycles. The van der Waals surface area contributed by atoms with Gasteiger partial charge in [-0.2, -0.15) is 0 Å². The van der Waals surface area contributed by atoms with E-state index in [1.54, 1.807) is 7.11 Å². The quantitative estimate of drug-likeness (QED) is 0.850. The molecule has 1 fully saturated rings. The van der Waals surface area contributed by atoms with Gasteiger partial charge in [0.2, 0.25) is 0 Å². The molecule has 2 rings (SSSR count). The van der Waals surface area contributed by atoms with Crippen molar-refractivity contribution in [1.29, 1.82) is 0 Å². The SMILES string of the molecule is COC1CCCC(Nc2ccc(C)nc2)C1. The lowest BCUT2D eigenvalue weighted by Gasteiger charge is -2.29. The maximum atomic E-state index is 5.42. The molecule has 1 aliphatic rings. The summed E-state index contributed by atoms with van der Waals surface area (Å²) in [5, 5.41) is 3.53. The maximum Gasteiger partial charge on any atom is 0.0590 e. The fraction of sp³-hybridized carbons (Fsp3) is 0.615. The molecule has 1 heterocycles. The fourth-order valence-corrected chi connectivity index (χ4v) is 2.28. The summed E-state index contributed by atoms with van der Waals surface area (Å²) in [7, 11) is 1.81. The van der Waals surface area contributed by atoms with Gasteiger partial charge in [0.15, 0.2) is 0 Å². The van der Waals surface area contributed by atoms with Crippen LogP contribution in [0.5, 0.6) is 0 Å². The van der Waals surface area contributed by atoms with E-state index in [0.717, 1.165) is 17.8 Å². The second-order valence-corrected chi connectivity index (χ2v) is 4.55. The molecule has 0 aliphatic heterocycles. The number of anilines is 1. The summed E-state index contributed by atoms with van der Waals surface area (Å²) in [6.07, 6.45) is 7.10. The first-order valence-electron chi connectivity index (χ1n) is 6.00. The molecule has 1 N–H and O–H groups in total. The first-order valence-corrected chi connectivity index (χ1v) is 6.00. The largest absolute Gasteiger partial charge is 0.381 e. The number of nitrogens with zero attached hydrogens (tertiary/aromatic N) is 1. The average molecular weight is 220 g/mol. The van der Waals surface area contributed by atoms with Crippen molar-refractivity contribution in [2.75, 3.05) is 12.4 Å². The fourth-order valence-electron chi connectivity index (χ4n) is 2.28. The van der Waals surface area contributed by atoms with Crippen LogP contribution >= 0.6 is 0 Å². The molecule has 1 aromatic rings. The Hall–Kier alpha value is -1.09. The van der Waals surface area contributed by atoms with E-state index in [1.807, 2.05) is 19.2 Å². The highest BCUT2D eigenvalue weighted by Gasteiger charge is 2.21. The van der Waals surface area contributed by atoms with Crippen LogP contribution in [0.3, 0.4) is 0 Å². The highest BCUT2D eigenvalue weighted by molar-refractivity contribution is 5.41. The molecule has 16 heavy (non-hydrogen) atoms. The second kappa shape index (κ2) is 5.30. The summed E-state index contributed by atoms with van der Waals surface area (Å²) in [6.45, 7) is 2.01. The third-order valence-electron chi connectivity index (χ3n) is 3.24. The average Bonchev–Trinajstić information content (AvgIpc) is 2.32. The molecule has 0 aromatic carbocycles. The zero-order valence-corrected chi connectivity index (χ0v) is 10.1. The van der Waals surface area contributed by atoms with Crippen LogP contribution in [0.15, 0.2) is 18.3 Å². The van der Waals surface area contributed by atoms with E-state index in [4.69, 9.17) is 4.74 Å². The van der Waals surface area contributed by atoms with E-state index < -0.39 is 0 Å². The zero-order chi connectivity index (χ0) is 11.4. The minimum Gasteiger partial charge on any atom is -0.381 e. The lowest BCUT2D eigenvalue weighted by atomic mass is 9.93. The van der Waals surface area contributed by atoms with Gasteiger partial charge in [0, 0.05) is 18.8 Å². The molecule has 2 unspecified atom stereocenters. The molecule has 1 saturated carbocycles. The Labute approximate surface area is 97.2 Å². The van der Waals surface area contributed by atoms with Crippen molar-refractivity contribution in [3.63, 3.8) is 0 Å². The molecular formula is C13H20N2O. The van der Waals surface area contributed by atoms with Gasteiger partial charge in [0.05, 0.1) is 18.0 Å². The van der Waals surface area contributed by atoms with Gasteiger partial charge in [-0.05, 0) is 44.7 Å². The van der Waals surface area contributed by atoms with E-state index in [9.17, 15) is 0 Å². The molecule has 88 valence electrons. The van der Waals surface area contributed by atoms with E-state index in [0.29, 0.717) is 12.1 Å². The molecule has 0 radical (unpaired) electrons. The second-order valence-electron chi connectivity index (χ2n) is 4.55. The Morgan fingerprint density at radius 1 is 1.38 bits per heavy atom. The molecule has 0 bridgehead atoms. The monoisotopic (exact) mass is 220 g/mol. The molecule has 2 atom stereocenters. The van der Waals surface area contributed by atoms with E-state index >= 15 is 0 Å².